The molecule has 0 saturated heterocycles. The van der Waals surface area contributed by atoms with Crippen LogP contribution in [0.15, 0.2) is 12.2 Å². The van der Waals surface area contributed by atoms with Gasteiger partial charge >= 0.3 is 0 Å². The summed E-state index contributed by atoms with van der Waals surface area (Å²) in [6.07, 6.45) is 0.825. The first-order valence-electron chi connectivity index (χ1n) is 5.38. The molecular weight excluding hydrogens is 222 g/mol. The number of amides is 1. The molecule has 5 heteroatoms. The molecule has 0 aromatic carbocycles. The van der Waals surface area contributed by atoms with E-state index in [-0.39, 0.29) is 11.9 Å². The maximum Gasteiger partial charge on any atom is 0.289 e. The molecule has 0 bridgehead atoms. The van der Waals surface area contributed by atoms with E-state index in [1.807, 2.05) is 13.1 Å². The van der Waals surface area contributed by atoms with E-state index in [2.05, 4.69) is 11.9 Å². The molecule has 0 aliphatic carbocycles. The number of hydrogen-bond donors (Lipinski definition) is 1. The Balaban J connectivity index is 3.77. The Morgan fingerprint density at radius 2 is 1.88 bits per heavy atom. The van der Waals surface area contributed by atoms with Crippen molar-refractivity contribution in [3.8, 4) is 0 Å². The molecule has 0 spiro atoms. The van der Waals surface area contributed by atoms with Gasteiger partial charge in [0.05, 0.1) is 0 Å². The van der Waals surface area contributed by atoms with E-state index in [0.29, 0.717) is 12.1 Å². The van der Waals surface area contributed by atoms with Gasteiger partial charge in [-0.2, -0.15) is 0 Å². The second-order valence-electron chi connectivity index (χ2n) is 4.49. The highest BCUT2D eigenvalue weighted by molar-refractivity contribution is 6.72. The monoisotopic (exact) mass is 243 g/mol. The van der Waals surface area contributed by atoms with Crippen molar-refractivity contribution in [3.63, 3.8) is 0 Å². The first kappa shape index (κ1) is 14.9. The van der Waals surface area contributed by atoms with Gasteiger partial charge in [0.25, 0.3) is 5.97 Å². The zero-order valence-electron chi connectivity index (χ0n) is 10.6. The van der Waals surface area contributed by atoms with E-state index in [1.165, 1.54) is 6.92 Å². The van der Waals surface area contributed by atoms with Crippen LogP contribution in [-0.4, -0.2) is 26.7 Å². The number of rotatable bonds is 6. The number of hydrogen-bond acceptors (Lipinski definition) is 3. The Morgan fingerprint density at radius 1 is 1.31 bits per heavy atom. The van der Waals surface area contributed by atoms with E-state index in [1.54, 1.807) is 6.92 Å². The highest BCUT2D eigenvalue weighted by Gasteiger charge is 2.24. The van der Waals surface area contributed by atoms with Crippen molar-refractivity contribution in [1.82, 2.24) is 5.32 Å². The maximum atomic E-state index is 11.2. The van der Waals surface area contributed by atoms with Gasteiger partial charge in [-0.1, -0.05) is 6.58 Å². The van der Waals surface area contributed by atoms with Crippen LogP contribution in [0.4, 0.5) is 0 Å². The lowest BCUT2D eigenvalue weighted by molar-refractivity contribution is -0.132. The summed E-state index contributed by atoms with van der Waals surface area (Å²) >= 11 is 0. The molecule has 1 amide bonds. The van der Waals surface area contributed by atoms with Gasteiger partial charge in [0.15, 0.2) is 0 Å². The van der Waals surface area contributed by atoms with Gasteiger partial charge in [-0.3, -0.25) is 9.59 Å². The smallest absolute Gasteiger partial charge is 0.289 e. The van der Waals surface area contributed by atoms with Crippen molar-refractivity contribution in [2.75, 3.05) is 6.54 Å². The summed E-state index contributed by atoms with van der Waals surface area (Å²) in [6.45, 7) is 11.2. The fourth-order valence-electron chi connectivity index (χ4n) is 1.31. The van der Waals surface area contributed by atoms with Gasteiger partial charge in [0.2, 0.25) is 14.2 Å². The SMILES string of the molecule is C=C(C)C(=O)NCCC[Si](C)(C)OC(C)=O. The summed E-state index contributed by atoms with van der Waals surface area (Å²) in [5.41, 5.74) is 0.511. The van der Waals surface area contributed by atoms with Crippen LogP contribution in [0, 0.1) is 0 Å². The Morgan fingerprint density at radius 3 is 2.31 bits per heavy atom. The summed E-state index contributed by atoms with van der Waals surface area (Å²) in [5, 5.41) is 2.75. The lowest BCUT2D eigenvalue weighted by Gasteiger charge is -2.21. The van der Waals surface area contributed by atoms with Crippen LogP contribution in [0.1, 0.15) is 20.3 Å². The average Bonchev–Trinajstić information content (AvgIpc) is 2.09. The van der Waals surface area contributed by atoms with E-state index < -0.39 is 8.32 Å². The Labute approximate surface area is 98.2 Å². The molecule has 0 rings (SSSR count). The van der Waals surface area contributed by atoms with Gasteiger partial charge in [-0.05, 0) is 32.5 Å². The van der Waals surface area contributed by atoms with Gasteiger partial charge in [0.1, 0.15) is 0 Å². The van der Waals surface area contributed by atoms with Crippen molar-refractivity contribution in [1.29, 1.82) is 0 Å². The topological polar surface area (TPSA) is 55.4 Å². The molecule has 0 saturated carbocycles. The fourth-order valence-corrected chi connectivity index (χ4v) is 3.22. The second kappa shape index (κ2) is 6.47. The highest BCUT2D eigenvalue weighted by atomic mass is 28.4. The maximum absolute atomic E-state index is 11.2. The van der Waals surface area contributed by atoms with Crippen molar-refractivity contribution in [2.24, 2.45) is 0 Å². The predicted octanol–water partition coefficient (Wildman–Crippen LogP) is 1.84. The zero-order chi connectivity index (χ0) is 12.8. The lowest BCUT2D eigenvalue weighted by atomic mass is 10.3. The van der Waals surface area contributed by atoms with Crippen molar-refractivity contribution >= 4 is 20.2 Å². The molecular formula is C11H21NO3Si. The zero-order valence-corrected chi connectivity index (χ0v) is 11.6. The Hall–Kier alpha value is -1.10. The normalized spacial score (nSPS) is 10.8. The molecule has 0 unspecified atom stereocenters. The van der Waals surface area contributed by atoms with E-state index in [9.17, 15) is 9.59 Å². The minimum absolute atomic E-state index is 0.119. The minimum Gasteiger partial charge on any atom is -0.520 e. The molecule has 92 valence electrons. The fraction of sp³-hybridized carbons (Fsp3) is 0.636. The van der Waals surface area contributed by atoms with Crippen LogP contribution < -0.4 is 5.32 Å². The van der Waals surface area contributed by atoms with Crippen LogP contribution >= 0.6 is 0 Å². The molecule has 0 radical (unpaired) electrons. The van der Waals surface area contributed by atoms with Gasteiger partial charge < -0.3 is 9.74 Å². The quantitative estimate of drug-likeness (QED) is 0.440. The summed E-state index contributed by atoms with van der Waals surface area (Å²) in [7, 11) is -1.89. The third kappa shape index (κ3) is 7.22. The van der Waals surface area contributed by atoms with Crippen LogP contribution in [0.5, 0.6) is 0 Å². The van der Waals surface area contributed by atoms with E-state index in [4.69, 9.17) is 4.43 Å². The Kier molecular flexibility index (Phi) is 6.03. The molecule has 0 atom stereocenters. The first-order valence-corrected chi connectivity index (χ1v) is 8.49. The standard InChI is InChI=1S/C11H21NO3Si/c1-9(2)11(14)12-7-6-8-16(4,5)15-10(3)13/h1,6-8H2,2-5H3,(H,12,14). The van der Waals surface area contributed by atoms with Crippen LogP contribution in [0.2, 0.25) is 19.1 Å². The molecule has 0 fully saturated rings. The molecule has 0 aromatic heterocycles. The average molecular weight is 243 g/mol. The summed E-state index contributed by atoms with van der Waals surface area (Å²) in [6, 6.07) is 0.850. The summed E-state index contributed by atoms with van der Waals surface area (Å²) in [5.74, 6) is -0.338. The minimum atomic E-state index is -1.89. The molecule has 0 heterocycles. The number of carbonyl (C=O) groups excluding carboxylic acids is 2. The Bertz CT molecular complexity index is 287. The van der Waals surface area contributed by atoms with Crippen LogP contribution in [0.25, 0.3) is 0 Å². The second-order valence-corrected chi connectivity index (χ2v) is 8.72. The highest BCUT2D eigenvalue weighted by Crippen LogP contribution is 2.13. The van der Waals surface area contributed by atoms with E-state index >= 15 is 0 Å². The molecule has 0 aliphatic rings. The largest absolute Gasteiger partial charge is 0.520 e. The first-order chi connectivity index (χ1) is 7.24. The van der Waals surface area contributed by atoms with Gasteiger partial charge in [-0.15, -0.1) is 0 Å². The van der Waals surface area contributed by atoms with Crippen molar-refractivity contribution < 1.29 is 14.0 Å². The van der Waals surface area contributed by atoms with Gasteiger partial charge in [0, 0.05) is 19.0 Å². The van der Waals surface area contributed by atoms with Gasteiger partial charge in [-0.25, -0.2) is 0 Å². The molecule has 0 aromatic rings. The molecule has 4 nitrogen and oxygen atoms in total. The molecule has 16 heavy (non-hydrogen) atoms. The molecule has 0 aliphatic heterocycles. The van der Waals surface area contributed by atoms with Crippen LogP contribution in [0.3, 0.4) is 0 Å². The third-order valence-electron chi connectivity index (χ3n) is 2.05. The summed E-state index contributed by atoms with van der Waals surface area (Å²) in [4.78, 5) is 22.0. The van der Waals surface area contributed by atoms with Crippen molar-refractivity contribution in [2.45, 2.75) is 39.4 Å². The van der Waals surface area contributed by atoms with E-state index in [0.717, 1.165) is 12.5 Å². The van der Waals surface area contributed by atoms with Crippen LogP contribution in [-0.2, 0) is 14.0 Å². The predicted molar refractivity (Wildman–Crippen MR) is 66.5 cm³/mol. The third-order valence-corrected chi connectivity index (χ3v) is 4.45. The summed E-state index contributed by atoms with van der Waals surface area (Å²) < 4.78 is 5.26. The lowest BCUT2D eigenvalue weighted by Crippen LogP contribution is -2.34. The van der Waals surface area contributed by atoms with Crippen molar-refractivity contribution in [3.05, 3.63) is 12.2 Å². The molecule has 1 N–H and O–H groups in total. The number of carbonyl (C=O) groups is 2. The number of nitrogens with one attached hydrogen (secondary N) is 1.